The average Bonchev–Trinajstić information content (AvgIpc) is 3.51. The molecule has 14 heteroatoms. The third-order valence-electron chi connectivity index (χ3n) is 10.3. The van der Waals surface area contributed by atoms with E-state index < -0.39 is 38.9 Å². The number of ether oxygens (including phenoxy) is 2. The lowest BCUT2D eigenvalue weighted by Crippen LogP contribution is -2.65. The summed E-state index contributed by atoms with van der Waals surface area (Å²) in [6, 6.07) is 4.73. The van der Waals surface area contributed by atoms with E-state index in [4.69, 9.17) is 13.9 Å². The molecule has 44 heavy (non-hydrogen) atoms. The second-order valence-electron chi connectivity index (χ2n) is 14.8. The number of nitrogens with one attached hydrogen (secondary N) is 1. The van der Waals surface area contributed by atoms with Crippen molar-refractivity contribution in [3.8, 4) is 5.75 Å². The minimum atomic E-state index is -2.38. The van der Waals surface area contributed by atoms with Gasteiger partial charge in [0.2, 0.25) is 0 Å². The molecule has 1 fully saturated rings. The summed E-state index contributed by atoms with van der Waals surface area (Å²) in [5.74, 6) is 0.847. The molecule has 1 aliphatic heterocycles. The van der Waals surface area contributed by atoms with Crippen LogP contribution >= 0.6 is 0 Å². The summed E-state index contributed by atoms with van der Waals surface area (Å²) in [5, 5.41) is 26.3. The topological polar surface area (TPSA) is 147 Å². The zero-order valence-corrected chi connectivity index (χ0v) is 29.9. The Morgan fingerprint density at radius 3 is 2.41 bits per heavy atom. The zero-order chi connectivity index (χ0) is 32.9. The van der Waals surface area contributed by atoms with Crippen LogP contribution in [0.4, 0.5) is 11.5 Å². The normalized spacial score (nSPS) is 21.5. The summed E-state index contributed by atoms with van der Waals surface area (Å²) < 4.78 is 20.3. The van der Waals surface area contributed by atoms with Gasteiger partial charge in [-0.1, -0.05) is 54.6 Å². The molecule has 0 saturated carbocycles. The maximum absolute atomic E-state index is 12.6. The summed E-state index contributed by atoms with van der Waals surface area (Å²) in [5.41, 5.74) is 1.47. The molecule has 3 heterocycles. The Kier molecular flexibility index (Phi) is 9.10. The Morgan fingerprint density at radius 2 is 1.82 bits per heavy atom. The lowest BCUT2D eigenvalue weighted by molar-refractivity contribution is -0.385. The molecular weight excluding hydrogens is 597 g/mol. The number of hydrogen-bond donors (Lipinski definition) is 2. The van der Waals surface area contributed by atoms with E-state index in [1.54, 1.807) is 18.5 Å². The van der Waals surface area contributed by atoms with Gasteiger partial charge in [-0.3, -0.25) is 14.7 Å². The largest absolute Gasteiger partial charge is 0.497 e. The third kappa shape index (κ3) is 6.14. The molecule has 0 amide bonds. The van der Waals surface area contributed by atoms with Crippen molar-refractivity contribution >= 4 is 39.1 Å². The van der Waals surface area contributed by atoms with E-state index in [1.165, 1.54) is 19.5 Å². The lowest BCUT2D eigenvalue weighted by Gasteiger charge is -2.49. The second kappa shape index (κ2) is 11.8. The molecule has 0 unspecified atom stereocenters. The van der Waals surface area contributed by atoms with Gasteiger partial charge in [-0.05, 0) is 35.3 Å². The monoisotopic (exact) mass is 644 g/mol. The first kappa shape index (κ1) is 34.0. The van der Waals surface area contributed by atoms with Gasteiger partial charge in [0.15, 0.2) is 25.3 Å². The van der Waals surface area contributed by atoms with Gasteiger partial charge in [-0.25, -0.2) is 15.0 Å². The fourth-order valence-electron chi connectivity index (χ4n) is 5.26. The van der Waals surface area contributed by atoms with Crippen LogP contribution < -0.4 is 10.1 Å². The van der Waals surface area contributed by atoms with Gasteiger partial charge in [-0.15, -0.1) is 0 Å². The van der Waals surface area contributed by atoms with Crippen molar-refractivity contribution in [3.05, 3.63) is 46.5 Å². The predicted molar refractivity (Wildman–Crippen MR) is 176 cm³/mol. The Morgan fingerprint density at radius 1 is 1.14 bits per heavy atom. The molecule has 0 aliphatic carbocycles. The van der Waals surface area contributed by atoms with Crippen LogP contribution in [0.3, 0.4) is 0 Å². The van der Waals surface area contributed by atoms with E-state index in [2.05, 4.69) is 88.0 Å². The highest BCUT2D eigenvalue weighted by atomic mass is 28.4. The smallest absolute Gasteiger partial charge is 0.278 e. The summed E-state index contributed by atoms with van der Waals surface area (Å²) in [6.07, 6.45) is 2.44. The van der Waals surface area contributed by atoms with E-state index in [-0.39, 0.29) is 22.3 Å². The molecule has 4 rings (SSSR count). The van der Waals surface area contributed by atoms with Crippen LogP contribution in [0.15, 0.2) is 30.9 Å². The average molecular weight is 645 g/mol. The molecule has 242 valence electrons. The van der Waals surface area contributed by atoms with Crippen LogP contribution in [-0.2, 0) is 15.7 Å². The summed E-state index contributed by atoms with van der Waals surface area (Å²) in [7, 11) is -3.02. The number of rotatable bonds is 10. The molecule has 1 aromatic carbocycles. The van der Waals surface area contributed by atoms with Gasteiger partial charge in [0.1, 0.15) is 24.4 Å². The zero-order valence-electron chi connectivity index (χ0n) is 27.9. The second-order valence-corrected chi connectivity index (χ2v) is 25.2. The summed E-state index contributed by atoms with van der Waals surface area (Å²) >= 11 is 0. The fraction of sp³-hybridized carbons (Fsp3) is 0.633. The van der Waals surface area contributed by atoms with Crippen LogP contribution in [-0.4, -0.2) is 71.0 Å². The Balaban J connectivity index is 1.65. The molecule has 3 aromatic rings. The molecule has 12 nitrogen and oxygen atoms in total. The van der Waals surface area contributed by atoms with Crippen LogP contribution in [0.25, 0.3) is 11.2 Å². The van der Waals surface area contributed by atoms with E-state index in [0.29, 0.717) is 41.3 Å². The highest BCUT2D eigenvalue weighted by molar-refractivity contribution is 6.83. The number of nitro groups is 1. The summed E-state index contributed by atoms with van der Waals surface area (Å²) in [4.78, 5) is 24.7. The van der Waals surface area contributed by atoms with Crippen molar-refractivity contribution in [1.82, 2.24) is 19.5 Å². The fourth-order valence-corrected chi connectivity index (χ4v) is 9.20. The standard InChI is InChI=1S/C30H48N6O6Si2/c1-28(2,3)43(8,9)30(37)15-24(42-23(30)17-41-44(10,11)29(4,5)6)35-19-34-25-26(32-18-33-27(25)35)31-16-20-12-13-21(40-7)14-22(20)36(38)39/h12-14,18-19,23-24,37H,15-17H2,1-11H3,(H,31,32,33)/t23-,24-,30-/m1/s1. The molecular formula is C30H48N6O6Si2. The highest BCUT2D eigenvalue weighted by Gasteiger charge is 2.62. The van der Waals surface area contributed by atoms with Gasteiger partial charge >= 0.3 is 0 Å². The maximum Gasteiger partial charge on any atom is 0.278 e. The van der Waals surface area contributed by atoms with E-state index in [9.17, 15) is 15.2 Å². The molecule has 3 atom stereocenters. The number of nitro benzene ring substituents is 1. The number of imidazole rings is 1. The number of aliphatic hydroxyl groups is 1. The van der Waals surface area contributed by atoms with Gasteiger partial charge in [0.25, 0.3) is 5.69 Å². The molecule has 0 spiro atoms. The molecule has 0 radical (unpaired) electrons. The van der Waals surface area contributed by atoms with Crippen molar-refractivity contribution in [2.45, 2.75) is 108 Å². The quantitative estimate of drug-likeness (QED) is 0.143. The molecule has 0 bridgehead atoms. The van der Waals surface area contributed by atoms with Crippen molar-refractivity contribution in [3.63, 3.8) is 0 Å². The summed E-state index contributed by atoms with van der Waals surface area (Å²) in [6.45, 7) is 22.5. The van der Waals surface area contributed by atoms with Crippen molar-refractivity contribution in [2.24, 2.45) is 0 Å². The molecule has 1 saturated heterocycles. The van der Waals surface area contributed by atoms with Gasteiger partial charge in [-0.2, -0.15) is 0 Å². The Hall–Kier alpha value is -2.92. The number of benzene rings is 1. The SMILES string of the molecule is COc1ccc(CNc2ncnc3c2ncn3[C@H]2C[C@@](O)([Si](C)(C)C(C)(C)C)[C@@H](CO[Si](C)(C)C(C)(C)C)O2)c([N+](=O)[O-])c1. The van der Waals surface area contributed by atoms with Gasteiger partial charge in [0, 0.05) is 18.5 Å². The predicted octanol–water partition coefficient (Wildman–Crippen LogP) is 6.44. The Labute approximate surface area is 261 Å². The van der Waals surface area contributed by atoms with Crippen LogP contribution in [0.2, 0.25) is 36.3 Å². The molecule has 2 N–H and O–H groups in total. The highest BCUT2D eigenvalue weighted by Crippen LogP contribution is 2.52. The lowest BCUT2D eigenvalue weighted by atomic mass is 10.1. The number of hydrogen-bond acceptors (Lipinski definition) is 10. The maximum atomic E-state index is 12.6. The minimum Gasteiger partial charge on any atom is -0.497 e. The van der Waals surface area contributed by atoms with Crippen molar-refractivity contribution < 1.29 is 23.9 Å². The molecule has 1 aliphatic rings. The first-order chi connectivity index (χ1) is 20.2. The van der Waals surface area contributed by atoms with Crippen molar-refractivity contribution in [2.75, 3.05) is 19.0 Å². The van der Waals surface area contributed by atoms with E-state index in [1.807, 2.05) is 4.57 Å². The number of aromatic nitrogens is 4. The van der Waals surface area contributed by atoms with Crippen LogP contribution in [0.5, 0.6) is 5.75 Å². The van der Waals surface area contributed by atoms with E-state index in [0.717, 1.165) is 0 Å². The minimum absolute atomic E-state index is 0.0210. The van der Waals surface area contributed by atoms with Gasteiger partial charge < -0.3 is 24.3 Å². The van der Waals surface area contributed by atoms with E-state index >= 15 is 0 Å². The van der Waals surface area contributed by atoms with Crippen LogP contribution in [0.1, 0.15) is 59.8 Å². The molecule has 2 aromatic heterocycles. The number of methoxy groups -OCH3 is 1. The number of anilines is 1. The van der Waals surface area contributed by atoms with Crippen LogP contribution in [0, 0.1) is 10.1 Å². The number of fused-ring (bicyclic) bond motifs is 1. The first-order valence-corrected chi connectivity index (χ1v) is 20.9. The third-order valence-corrected chi connectivity index (χ3v) is 21.2. The van der Waals surface area contributed by atoms with Gasteiger partial charge in [0.05, 0.1) is 44.3 Å². The number of nitrogens with zero attached hydrogens (tertiary/aromatic N) is 5. The van der Waals surface area contributed by atoms with Crippen molar-refractivity contribution in [1.29, 1.82) is 0 Å². The Bertz CT molecular complexity index is 1520. The first-order valence-electron chi connectivity index (χ1n) is 15.0.